The Labute approximate surface area is 165 Å². The predicted octanol–water partition coefficient (Wildman–Crippen LogP) is 3.95. The van der Waals surface area contributed by atoms with Gasteiger partial charge in [-0.3, -0.25) is 5.32 Å². The van der Waals surface area contributed by atoms with E-state index < -0.39 is 0 Å². The van der Waals surface area contributed by atoms with Crippen molar-refractivity contribution in [2.24, 2.45) is 0 Å². The Morgan fingerprint density at radius 3 is 2.57 bits per heavy atom. The van der Waals surface area contributed by atoms with Crippen LogP contribution < -0.4 is 16.0 Å². The molecule has 0 aliphatic heterocycles. The van der Waals surface area contributed by atoms with Gasteiger partial charge >= 0.3 is 6.03 Å². The summed E-state index contributed by atoms with van der Waals surface area (Å²) in [7, 11) is 4.09. The summed E-state index contributed by atoms with van der Waals surface area (Å²) in [5, 5.41) is 11.0. The maximum Gasteiger partial charge on any atom is 0.326 e. The Kier molecular flexibility index (Phi) is 6.39. The summed E-state index contributed by atoms with van der Waals surface area (Å²) in [6.07, 6.45) is 1.00. The van der Waals surface area contributed by atoms with Crippen LogP contribution in [0.15, 0.2) is 48.5 Å². The second-order valence-corrected chi connectivity index (χ2v) is 6.94. The van der Waals surface area contributed by atoms with Crippen LogP contribution in [0, 0.1) is 6.92 Å². The van der Waals surface area contributed by atoms with Gasteiger partial charge in [-0.2, -0.15) is 4.98 Å². The number of nitrogens with zero attached hydrogens (tertiary/aromatic N) is 3. The van der Waals surface area contributed by atoms with Crippen LogP contribution in [0.5, 0.6) is 0 Å². The molecule has 0 saturated carbocycles. The van der Waals surface area contributed by atoms with Crippen molar-refractivity contribution in [2.75, 3.05) is 43.1 Å². The fraction of sp³-hybridized carbons (Fsp3) is 0.286. The lowest BCUT2D eigenvalue weighted by Crippen LogP contribution is -2.21. The lowest BCUT2D eigenvalue weighted by Gasteiger charge is -2.12. The standard InChI is InChI=1S/C21H26N6O/c1-15-13-19(22-11-6-12-27(2)3)25-20(23-15)26-21(28)24-18-10-9-16-7-4-5-8-17(16)14-18/h4-5,7-10,13-14H,6,11-12H2,1-3H3,(H3,22,23,24,25,26,28). The largest absolute Gasteiger partial charge is 0.370 e. The van der Waals surface area contributed by atoms with Crippen molar-refractivity contribution in [1.82, 2.24) is 14.9 Å². The van der Waals surface area contributed by atoms with Crippen LogP contribution in [0.4, 0.5) is 22.2 Å². The number of hydrogen-bond acceptors (Lipinski definition) is 5. The average Bonchev–Trinajstić information content (AvgIpc) is 2.64. The summed E-state index contributed by atoms with van der Waals surface area (Å²) in [5.41, 5.74) is 1.50. The first kappa shape index (κ1) is 19.6. The van der Waals surface area contributed by atoms with Gasteiger partial charge in [-0.25, -0.2) is 9.78 Å². The number of hydrogen-bond donors (Lipinski definition) is 3. The molecule has 1 heterocycles. The normalized spacial score (nSPS) is 10.9. The zero-order chi connectivity index (χ0) is 19.9. The number of aromatic nitrogens is 2. The molecule has 0 spiro atoms. The van der Waals surface area contributed by atoms with Crippen molar-refractivity contribution in [3.05, 3.63) is 54.2 Å². The highest BCUT2D eigenvalue weighted by Crippen LogP contribution is 2.19. The van der Waals surface area contributed by atoms with Crippen molar-refractivity contribution >= 4 is 34.3 Å². The van der Waals surface area contributed by atoms with Gasteiger partial charge in [-0.05, 0) is 56.9 Å². The molecule has 3 N–H and O–H groups in total. The van der Waals surface area contributed by atoms with Crippen LogP contribution >= 0.6 is 0 Å². The van der Waals surface area contributed by atoms with E-state index in [1.807, 2.05) is 69.6 Å². The van der Waals surface area contributed by atoms with E-state index in [9.17, 15) is 4.79 Å². The molecule has 2 aromatic carbocycles. The van der Waals surface area contributed by atoms with E-state index >= 15 is 0 Å². The third-order valence-electron chi connectivity index (χ3n) is 4.18. The van der Waals surface area contributed by atoms with Gasteiger partial charge in [0, 0.05) is 24.0 Å². The molecule has 0 bridgehead atoms. The smallest absolute Gasteiger partial charge is 0.326 e. The topological polar surface area (TPSA) is 82.2 Å². The third-order valence-corrected chi connectivity index (χ3v) is 4.18. The fourth-order valence-electron chi connectivity index (χ4n) is 2.86. The number of carbonyl (C=O) groups excluding carboxylic acids is 1. The number of amides is 2. The lowest BCUT2D eigenvalue weighted by atomic mass is 10.1. The molecule has 3 rings (SSSR count). The van der Waals surface area contributed by atoms with Crippen molar-refractivity contribution in [3.8, 4) is 0 Å². The second kappa shape index (κ2) is 9.14. The van der Waals surface area contributed by atoms with Gasteiger partial charge in [-0.15, -0.1) is 0 Å². The Morgan fingerprint density at radius 1 is 1.00 bits per heavy atom. The second-order valence-electron chi connectivity index (χ2n) is 6.94. The van der Waals surface area contributed by atoms with Crippen molar-refractivity contribution < 1.29 is 4.79 Å². The van der Waals surface area contributed by atoms with Crippen molar-refractivity contribution in [2.45, 2.75) is 13.3 Å². The first-order chi connectivity index (χ1) is 13.5. The summed E-state index contributed by atoms with van der Waals surface area (Å²) in [6, 6.07) is 15.3. The van der Waals surface area contributed by atoms with Gasteiger partial charge in [0.05, 0.1) is 0 Å². The van der Waals surface area contributed by atoms with Crippen LogP contribution in [0.25, 0.3) is 10.8 Å². The van der Waals surface area contributed by atoms with Gasteiger partial charge in [0.15, 0.2) is 0 Å². The number of carbonyl (C=O) groups is 1. The molecule has 0 fully saturated rings. The summed E-state index contributed by atoms with van der Waals surface area (Å²) in [5.74, 6) is 0.973. The first-order valence-corrected chi connectivity index (χ1v) is 9.31. The SMILES string of the molecule is Cc1cc(NCCCN(C)C)nc(NC(=O)Nc2ccc3ccccc3c2)n1. The Hall–Kier alpha value is -3.19. The minimum Gasteiger partial charge on any atom is -0.370 e. The van der Waals surface area contributed by atoms with E-state index in [-0.39, 0.29) is 12.0 Å². The highest BCUT2D eigenvalue weighted by atomic mass is 16.2. The molecule has 0 unspecified atom stereocenters. The molecule has 0 saturated heterocycles. The van der Waals surface area contributed by atoms with E-state index in [4.69, 9.17) is 0 Å². The van der Waals surface area contributed by atoms with E-state index in [1.54, 1.807) is 0 Å². The van der Waals surface area contributed by atoms with Crippen LogP contribution in [0.1, 0.15) is 12.1 Å². The highest BCUT2D eigenvalue weighted by Gasteiger charge is 2.08. The monoisotopic (exact) mass is 378 g/mol. The quantitative estimate of drug-likeness (QED) is 0.543. The van der Waals surface area contributed by atoms with Crippen LogP contribution in [0.3, 0.4) is 0 Å². The number of rotatable bonds is 7. The van der Waals surface area contributed by atoms with E-state index in [0.29, 0.717) is 11.5 Å². The molecular formula is C21H26N6O. The lowest BCUT2D eigenvalue weighted by molar-refractivity contribution is 0.262. The molecule has 146 valence electrons. The number of urea groups is 1. The minimum atomic E-state index is -0.376. The third kappa shape index (κ3) is 5.65. The van der Waals surface area contributed by atoms with E-state index in [1.165, 1.54) is 0 Å². The summed E-state index contributed by atoms with van der Waals surface area (Å²) in [4.78, 5) is 23.1. The maximum atomic E-state index is 12.3. The zero-order valence-electron chi connectivity index (χ0n) is 16.5. The van der Waals surface area contributed by atoms with Gasteiger partial charge < -0.3 is 15.5 Å². The highest BCUT2D eigenvalue weighted by molar-refractivity contribution is 6.00. The van der Waals surface area contributed by atoms with Crippen LogP contribution in [0.2, 0.25) is 0 Å². The number of benzene rings is 2. The molecular weight excluding hydrogens is 352 g/mol. The van der Waals surface area contributed by atoms with Gasteiger partial charge in [-0.1, -0.05) is 30.3 Å². The van der Waals surface area contributed by atoms with E-state index in [2.05, 4.69) is 30.8 Å². The number of anilines is 3. The minimum absolute atomic E-state index is 0.272. The summed E-state index contributed by atoms with van der Waals surface area (Å²) < 4.78 is 0. The van der Waals surface area contributed by atoms with Gasteiger partial charge in [0.25, 0.3) is 0 Å². The molecule has 3 aromatic rings. The molecule has 1 aromatic heterocycles. The zero-order valence-corrected chi connectivity index (χ0v) is 16.5. The summed E-state index contributed by atoms with van der Waals surface area (Å²) >= 11 is 0. The molecule has 0 aliphatic rings. The average molecular weight is 378 g/mol. The van der Waals surface area contributed by atoms with Gasteiger partial charge in [0.1, 0.15) is 5.82 Å². The van der Waals surface area contributed by atoms with E-state index in [0.717, 1.165) is 36.0 Å². The van der Waals surface area contributed by atoms with Crippen molar-refractivity contribution in [1.29, 1.82) is 0 Å². The predicted molar refractivity (Wildman–Crippen MR) is 115 cm³/mol. The number of nitrogens with one attached hydrogen (secondary N) is 3. The fourth-order valence-corrected chi connectivity index (χ4v) is 2.86. The Bertz CT molecular complexity index is 957. The molecule has 0 aliphatic carbocycles. The summed E-state index contributed by atoms with van der Waals surface area (Å²) in [6.45, 7) is 3.67. The molecule has 7 heteroatoms. The maximum absolute atomic E-state index is 12.3. The Balaban J connectivity index is 1.61. The Morgan fingerprint density at radius 2 is 1.79 bits per heavy atom. The molecule has 0 radical (unpaired) electrons. The molecule has 28 heavy (non-hydrogen) atoms. The van der Waals surface area contributed by atoms with Crippen molar-refractivity contribution in [3.63, 3.8) is 0 Å². The molecule has 0 atom stereocenters. The number of aryl methyl sites for hydroxylation is 1. The first-order valence-electron chi connectivity index (χ1n) is 9.31. The molecule has 2 amide bonds. The van der Waals surface area contributed by atoms with Gasteiger partial charge in [0.2, 0.25) is 5.95 Å². The van der Waals surface area contributed by atoms with Crippen LogP contribution in [-0.2, 0) is 0 Å². The van der Waals surface area contributed by atoms with Crippen LogP contribution in [-0.4, -0.2) is 48.1 Å². The number of fused-ring (bicyclic) bond motifs is 1. The molecule has 7 nitrogen and oxygen atoms in total.